The lowest BCUT2D eigenvalue weighted by Gasteiger charge is -2.12. The molecule has 1 heterocycles. The van der Waals surface area contributed by atoms with Gasteiger partial charge in [0.25, 0.3) is 5.56 Å². The number of hydrogen-bond donors (Lipinski definition) is 1. The van der Waals surface area contributed by atoms with Crippen molar-refractivity contribution in [1.82, 2.24) is 9.55 Å². The largest absolute Gasteiger partial charge is 0.495 e. The molecular formula is C15H13N3O2. The predicted octanol–water partition coefficient (Wildman–Crippen LogP) is 1.98. The first-order valence-electron chi connectivity index (χ1n) is 6.11. The molecule has 1 aromatic heterocycles. The predicted molar refractivity (Wildman–Crippen MR) is 78.3 cm³/mol. The lowest BCUT2D eigenvalue weighted by Crippen LogP contribution is -2.11. The highest BCUT2D eigenvalue weighted by molar-refractivity contribution is 5.79. The number of benzene rings is 2. The van der Waals surface area contributed by atoms with E-state index in [2.05, 4.69) is 4.98 Å². The zero-order valence-corrected chi connectivity index (χ0v) is 10.9. The maximum Gasteiger partial charge on any atom is 0.280 e. The Bertz CT molecular complexity index is 840. The molecule has 5 heteroatoms. The number of rotatable bonds is 2. The Labute approximate surface area is 115 Å². The van der Waals surface area contributed by atoms with E-state index in [1.54, 1.807) is 19.2 Å². The van der Waals surface area contributed by atoms with Crippen molar-refractivity contribution in [3.05, 3.63) is 59.1 Å². The van der Waals surface area contributed by atoms with Crippen molar-refractivity contribution in [2.24, 2.45) is 0 Å². The molecule has 0 saturated carbocycles. The van der Waals surface area contributed by atoms with E-state index in [1.165, 1.54) is 6.33 Å². The molecule has 0 amide bonds. The van der Waals surface area contributed by atoms with Crippen LogP contribution in [0.1, 0.15) is 0 Å². The number of nitrogen functional groups attached to an aromatic ring is 1. The molecule has 0 radical (unpaired) electrons. The van der Waals surface area contributed by atoms with Crippen molar-refractivity contribution < 1.29 is 4.74 Å². The zero-order chi connectivity index (χ0) is 14.1. The lowest BCUT2D eigenvalue weighted by atomic mass is 10.2. The highest BCUT2D eigenvalue weighted by Crippen LogP contribution is 2.25. The number of nitrogens with zero attached hydrogens (tertiary/aromatic N) is 2. The fraction of sp³-hybridized carbons (Fsp3) is 0.0667. The topological polar surface area (TPSA) is 70.1 Å². The summed E-state index contributed by atoms with van der Waals surface area (Å²) in [5.41, 5.74) is 7.77. The number of fused-ring (bicyclic) bond motifs is 1. The van der Waals surface area contributed by atoms with Crippen LogP contribution >= 0.6 is 0 Å². The van der Waals surface area contributed by atoms with Gasteiger partial charge in [0.15, 0.2) is 0 Å². The van der Waals surface area contributed by atoms with Gasteiger partial charge in [-0.1, -0.05) is 12.1 Å². The van der Waals surface area contributed by atoms with Crippen molar-refractivity contribution in [2.45, 2.75) is 0 Å². The molecule has 2 aromatic carbocycles. The normalized spacial score (nSPS) is 10.7. The monoisotopic (exact) mass is 267 g/mol. The van der Waals surface area contributed by atoms with Gasteiger partial charge in [-0.15, -0.1) is 0 Å². The van der Waals surface area contributed by atoms with Gasteiger partial charge >= 0.3 is 0 Å². The minimum atomic E-state index is -0.237. The molecule has 0 bridgehead atoms. The number of nitrogens with two attached hydrogens (primary N) is 1. The van der Waals surface area contributed by atoms with E-state index in [-0.39, 0.29) is 5.56 Å². The second-order valence-electron chi connectivity index (χ2n) is 4.36. The molecule has 20 heavy (non-hydrogen) atoms. The number of ether oxygens (including phenoxy) is 1. The van der Waals surface area contributed by atoms with Crippen molar-refractivity contribution >= 4 is 16.6 Å². The van der Waals surface area contributed by atoms with Gasteiger partial charge < -0.3 is 10.5 Å². The molecule has 5 nitrogen and oxygen atoms in total. The number of methoxy groups -OCH3 is 1. The molecular weight excluding hydrogens is 254 g/mol. The molecule has 3 aromatic rings. The summed E-state index contributed by atoms with van der Waals surface area (Å²) in [6, 6.07) is 12.8. The van der Waals surface area contributed by atoms with Crippen molar-refractivity contribution in [2.75, 3.05) is 12.8 Å². The second-order valence-corrected chi connectivity index (χ2v) is 4.36. The van der Waals surface area contributed by atoms with Crippen LogP contribution in [0.2, 0.25) is 0 Å². The third kappa shape index (κ3) is 1.89. The number of hydrogen-bond acceptors (Lipinski definition) is 4. The Kier molecular flexibility index (Phi) is 2.87. The van der Waals surface area contributed by atoms with E-state index in [0.717, 1.165) is 11.2 Å². The van der Waals surface area contributed by atoms with Crippen LogP contribution in [-0.4, -0.2) is 16.7 Å². The van der Waals surface area contributed by atoms with Crippen LogP contribution < -0.4 is 16.0 Å². The molecule has 0 aliphatic rings. The second kappa shape index (κ2) is 4.70. The molecule has 3 rings (SSSR count). The molecule has 0 atom stereocenters. The highest BCUT2D eigenvalue weighted by atomic mass is 16.5. The minimum Gasteiger partial charge on any atom is -0.495 e. The van der Waals surface area contributed by atoms with Gasteiger partial charge in [-0.2, -0.15) is 4.98 Å². The Balaban J connectivity index is 2.30. The summed E-state index contributed by atoms with van der Waals surface area (Å²) in [6.45, 7) is 0. The Morgan fingerprint density at radius 3 is 2.80 bits per heavy atom. The molecule has 0 aliphatic heterocycles. The average Bonchev–Trinajstić information content (AvgIpc) is 2.49. The standard InChI is InChI=1S/C15H13N3O2/c1-20-14-8-10(6-7-12(14)16)18-9-17-15(19)11-4-2-3-5-13(11)18/h2-9H,16H2,1H3. The first-order chi connectivity index (χ1) is 9.70. The third-order valence-corrected chi connectivity index (χ3v) is 3.18. The van der Waals surface area contributed by atoms with Crippen LogP contribution in [0.5, 0.6) is 5.75 Å². The number of anilines is 1. The van der Waals surface area contributed by atoms with Gasteiger partial charge in [0.05, 0.1) is 29.4 Å². The van der Waals surface area contributed by atoms with Gasteiger partial charge in [0.1, 0.15) is 12.1 Å². The first kappa shape index (κ1) is 12.2. The van der Waals surface area contributed by atoms with Crippen LogP contribution in [0.15, 0.2) is 53.6 Å². The molecule has 0 spiro atoms. The summed E-state index contributed by atoms with van der Waals surface area (Å²) >= 11 is 0. The van der Waals surface area contributed by atoms with Crippen molar-refractivity contribution in [3.8, 4) is 11.4 Å². The summed E-state index contributed by atoms with van der Waals surface area (Å²) in [7, 11) is 1.57. The average molecular weight is 267 g/mol. The smallest absolute Gasteiger partial charge is 0.280 e. The SMILES string of the molecule is COc1cc(-n2cnc(=O)c3ccccc32)ccc1N. The fourth-order valence-electron chi connectivity index (χ4n) is 2.16. The van der Waals surface area contributed by atoms with Gasteiger partial charge in [-0.05, 0) is 24.3 Å². The van der Waals surface area contributed by atoms with Crippen molar-refractivity contribution in [3.63, 3.8) is 0 Å². The lowest BCUT2D eigenvalue weighted by molar-refractivity contribution is 0.417. The van der Waals surface area contributed by atoms with E-state index in [4.69, 9.17) is 10.5 Å². The van der Waals surface area contributed by atoms with Gasteiger partial charge in [0.2, 0.25) is 0 Å². The number of aromatic nitrogens is 2. The maximum absolute atomic E-state index is 11.8. The van der Waals surface area contributed by atoms with E-state index < -0.39 is 0 Å². The van der Waals surface area contributed by atoms with Crippen LogP contribution in [0.25, 0.3) is 16.6 Å². The quantitative estimate of drug-likeness (QED) is 0.721. The highest BCUT2D eigenvalue weighted by Gasteiger charge is 2.07. The Morgan fingerprint density at radius 1 is 1.20 bits per heavy atom. The van der Waals surface area contributed by atoms with E-state index in [1.807, 2.05) is 34.9 Å². The van der Waals surface area contributed by atoms with E-state index >= 15 is 0 Å². The third-order valence-electron chi connectivity index (χ3n) is 3.18. The van der Waals surface area contributed by atoms with Crippen LogP contribution in [0.4, 0.5) is 5.69 Å². The number of para-hydroxylation sites is 1. The molecule has 100 valence electrons. The maximum atomic E-state index is 11.8. The van der Waals surface area contributed by atoms with Crippen LogP contribution in [0, 0.1) is 0 Å². The van der Waals surface area contributed by atoms with Crippen LogP contribution in [-0.2, 0) is 0 Å². The first-order valence-corrected chi connectivity index (χ1v) is 6.11. The van der Waals surface area contributed by atoms with E-state index in [0.29, 0.717) is 16.8 Å². The van der Waals surface area contributed by atoms with E-state index in [9.17, 15) is 4.79 Å². The van der Waals surface area contributed by atoms with Gasteiger partial charge in [0, 0.05) is 6.07 Å². The summed E-state index contributed by atoms with van der Waals surface area (Å²) in [4.78, 5) is 15.7. The molecule has 0 unspecified atom stereocenters. The summed E-state index contributed by atoms with van der Waals surface area (Å²) < 4.78 is 7.05. The fourth-order valence-corrected chi connectivity index (χ4v) is 2.16. The van der Waals surface area contributed by atoms with Crippen molar-refractivity contribution in [1.29, 1.82) is 0 Å². The van der Waals surface area contributed by atoms with Gasteiger partial charge in [-0.25, -0.2) is 0 Å². The summed E-state index contributed by atoms with van der Waals surface area (Å²) in [6.07, 6.45) is 1.51. The Hall–Kier alpha value is -2.82. The molecule has 0 aliphatic carbocycles. The Morgan fingerprint density at radius 2 is 2.00 bits per heavy atom. The zero-order valence-electron chi connectivity index (χ0n) is 10.9. The minimum absolute atomic E-state index is 0.237. The summed E-state index contributed by atoms with van der Waals surface area (Å²) in [5.74, 6) is 0.588. The molecule has 2 N–H and O–H groups in total. The van der Waals surface area contributed by atoms with Gasteiger partial charge in [-0.3, -0.25) is 9.36 Å². The van der Waals surface area contributed by atoms with Crippen LogP contribution in [0.3, 0.4) is 0 Å². The molecule has 0 fully saturated rings. The molecule has 0 saturated heterocycles. The summed E-state index contributed by atoms with van der Waals surface area (Å²) in [5, 5.41) is 0.575.